The summed E-state index contributed by atoms with van der Waals surface area (Å²) >= 11 is 0. The summed E-state index contributed by atoms with van der Waals surface area (Å²) < 4.78 is 0. The van der Waals surface area contributed by atoms with E-state index in [9.17, 15) is 0 Å². The summed E-state index contributed by atoms with van der Waals surface area (Å²) in [5.41, 5.74) is 17.0. The van der Waals surface area contributed by atoms with Gasteiger partial charge in [-0.05, 0) is 168 Å². The average Bonchev–Trinajstić information content (AvgIpc) is 4.01. The van der Waals surface area contributed by atoms with Crippen LogP contribution in [0.1, 0.15) is 106 Å². The minimum Gasteiger partial charge on any atom is -0.311 e. The molecule has 0 heterocycles. The molecule has 7 aromatic rings. The first kappa shape index (κ1) is 38.1. The van der Waals surface area contributed by atoms with Crippen LogP contribution in [0.3, 0.4) is 0 Å². The van der Waals surface area contributed by atoms with Gasteiger partial charge in [0.15, 0.2) is 0 Å². The van der Waals surface area contributed by atoms with Crippen molar-refractivity contribution in [2.45, 2.75) is 88.9 Å². The molecule has 0 amide bonds. The Hall–Kier alpha value is -5.86. The van der Waals surface area contributed by atoms with Gasteiger partial charge >= 0.3 is 0 Å². The van der Waals surface area contributed by atoms with E-state index in [1.165, 1.54) is 112 Å². The lowest BCUT2D eigenvalue weighted by Gasteiger charge is -2.42. The van der Waals surface area contributed by atoms with Gasteiger partial charge < -0.3 is 9.80 Å². The number of hydrogen-bond acceptors (Lipinski definition) is 2. The van der Waals surface area contributed by atoms with Crippen molar-refractivity contribution in [2.24, 2.45) is 17.8 Å². The highest BCUT2D eigenvalue weighted by molar-refractivity contribution is 5.85. The molecule has 11 rings (SSSR count). The molecule has 2 heteroatoms. The lowest BCUT2D eigenvalue weighted by atomic mass is 9.62. The molecule has 0 radical (unpaired) electrons. The topological polar surface area (TPSA) is 6.48 Å². The SMILES string of the molecule is CC1CCCC(c2ccc(N(c3ccccc3)c3ccccc3)cc2)(c2ccc(N(c3ccc(C4CC5CCC4C5)cc3)c3ccc4c(c3)C(C)(C)c3ccccc3-4)cc2)C1. The van der Waals surface area contributed by atoms with Crippen molar-refractivity contribution in [3.8, 4) is 11.1 Å². The Labute approximate surface area is 363 Å². The van der Waals surface area contributed by atoms with Crippen LogP contribution >= 0.6 is 0 Å². The van der Waals surface area contributed by atoms with Crippen LogP contribution in [-0.4, -0.2) is 0 Å². The first-order chi connectivity index (χ1) is 29.9. The first-order valence-corrected chi connectivity index (χ1v) is 23.1. The van der Waals surface area contributed by atoms with Crippen molar-refractivity contribution >= 4 is 34.1 Å². The standard InChI is InChI=1S/C59H58N2/c1-41-13-12-36-59(40-41,45-24-30-50(31-25-45)60(47-14-6-4-7-15-47)48-16-8-5-9-17-48)46-26-32-51(33-27-46)61(49-28-22-43(23-29-49)55-38-42-20-21-44(55)37-42)52-34-35-54-53-18-10-11-19-56(53)58(2,3)57(54)39-52/h4-11,14-19,22-35,39,41-42,44,55H,12-13,20-21,36-38,40H2,1-3H3. The van der Waals surface area contributed by atoms with E-state index < -0.39 is 0 Å². The van der Waals surface area contributed by atoms with Gasteiger partial charge in [0.1, 0.15) is 0 Å². The molecule has 7 aromatic carbocycles. The number of anilines is 6. The Bertz CT molecular complexity index is 2600. The van der Waals surface area contributed by atoms with E-state index in [0.29, 0.717) is 5.92 Å². The van der Waals surface area contributed by atoms with Crippen LogP contribution in [0, 0.1) is 17.8 Å². The second-order valence-electron chi connectivity index (χ2n) is 19.5. The fourth-order valence-electron chi connectivity index (χ4n) is 12.5. The highest BCUT2D eigenvalue weighted by Crippen LogP contribution is 2.54. The second-order valence-corrected chi connectivity index (χ2v) is 19.5. The number of nitrogens with zero attached hydrogens (tertiary/aromatic N) is 2. The van der Waals surface area contributed by atoms with Crippen molar-refractivity contribution in [2.75, 3.05) is 9.80 Å². The number of fused-ring (bicyclic) bond motifs is 5. The summed E-state index contributed by atoms with van der Waals surface area (Å²) in [7, 11) is 0. The molecule has 3 saturated carbocycles. The molecule has 5 unspecified atom stereocenters. The van der Waals surface area contributed by atoms with Crippen molar-refractivity contribution in [1.29, 1.82) is 0 Å². The maximum Gasteiger partial charge on any atom is 0.0465 e. The Morgan fingerprint density at radius 3 is 1.57 bits per heavy atom. The third-order valence-corrected chi connectivity index (χ3v) is 15.5. The smallest absolute Gasteiger partial charge is 0.0465 e. The lowest BCUT2D eigenvalue weighted by Crippen LogP contribution is -2.33. The molecule has 4 aliphatic rings. The van der Waals surface area contributed by atoms with E-state index >= 15 is 0 Å². The zero-order valence-corrected chi connectivity index (χ0v) is 36.1. The minimum absolute atomic E-state index is 0.0461. The van der Waals surface area contributed by atoms with Gasteiger partial charge in [0, 0.05) is 45.0 Å². The second kappa shape index (κ2) is 15.2. The molecule has 5 atom stereocenters. The zero-order chi connectivity index (χ0) is 41.1. The molecule has 2 nitrogen and oxygen atoms in total. The predicted octanol–water partition coefficient (Wildman–Crippen LogP) is 16.3. The van der Waals surface area contributed by atoms with Crippen LogP contribution in [0.2, 0.25) is 0 Å². The number of rotatable bonds is 9. The van der Waals surface area contributed by atoms with Crippen LogP contribution in [-0.2, 0) is 10.8 Å². The van der Waals surface area contributed by atoms with E-state index in [2.05, 4.69) is 206 Å². The van der Waals surface area contributed by atoms with Crippen molar-refractivity contribution in [3.63, 3.8) is 0 Å². The highest BCUT2D eigenvalue weighted by Gasteiger charge is 2.41. The van der Waals surface area contributed by atoms with Gasteiger partial charge in [-0.15, -0.1) is 0 Å². The number of benzene rings is 7. The van der Waals surface area contributed by atoms with E-state index in [1.807, 2.05) is 0 Å². The summed E-state index contributed by atoms with van der Waals surface area (Å²) in [5, 5.41) is 0. The summed E-state index contributed by atoms with van der Waals surface area (Å²) in [4.78, 5) is 4.88. The van der Waals surface area contributed by atoms with E-state index in [-0.39, 0.29) is 10.8 Å². The fraction of sp³-hybridized carbons (Fsp3) is 0.288. The Kier molecular flexibility index (Phi) is 9.52. The number of para-hydroxylation sites is 2. The van der Waals surface area contributed by atoms with Crippen molar-refractivity contribution < 1.29 is 0 Å². The average molecular weight is 795 g/mol. The predicted molar refractivity (Wildman–Crippen MR) is 256 cm³/mol. The molecule has 0 aromatic heterocycles. The van der Waals surface area contributed by atoms with Crippen molar-refractivity contribution in [1.82, 2.24) is 0 Å². The first-order valence-electron chi connectivity index (χ1n) is 23.1. The monoisotopic (exact) mass is 794 g/mol. The summed E-state index contributed by atoms with van der Waals surface area (Å²) in [6.45, 7) is 7.24. The van der Waals surface area contributed by atoms with E-state index in [1.54, 1.807) is 0 Å². The molecule has 61 heavy (non-hydrogen) atoms. The quantitative estimate of drug-likeness (QED) is 0.144. The summed E-state index contributed by atoms with van der Waals surface area (Å²) in [6, 6.07) is 66.7. The van der Waals surface area contributed by atoms with Gasteiger partial charge in [0.05, 0.1) is 0 Å². The van der Waals surface area contributed by atoms with Crippen LogP contribution in [0.4, 0.5) is 34.1 Å². The Morgan fingerprint density at radius 2 is 1.00 bits per heavy atom. The summed E-state index contributed by atoms with van der Waals surface area (Å²) in [6.07, 6.45) is 10.5. The molecular formula is C59H58N2. The summed E-state index contributed by atoms with van der Waals surface area (Å²) in [5.74, 6) is 3.19. The van der Waals surface area contributed by atoms with Gasteiger partial charge in [-0.25, -0.2) is 0 Å². The molecule has 0 saturated heterocycles. The van der Waals surface area contributed by atoms with Gasteiger partial charge in [-0.1, -0.05) is 143 Å². The maximum atomic E-state index is 2.51. The van der Waals surface area contributed by atoms with Crippen LogP contribution in [0.5, 0.6) is 0 Å². The third-order valence-electron chi connectivity index (χ3n) is 15.5. The van der Waals surface area contributed by atoms with E-state index in [4.69, 9.17) is 0 Å². The largest absolute Gasteiger partial charge is 0.311 e. The van der Waals surface area contributed by atoms with Gasteiger partial charge in [0.2, 0.25) is 0 Å². The highest BCUT2D eigenvalue weighted by atomic mass is 15.1. The third kappa shape index (κ3) is 6.62. The molecule has 304 valence electrons. The van der Waals surface area contributed by atoms with Crippen LogP contribution in [0.25, 0.3) is 11.1 Å². The maximum absolute atomic E-state index is 2.51. The van der Waals surface area contributed by atoms with Gasteiger partial charge in [-0.2, -0.15) is 0 Å². The zero-order valence-electron chi connectivity index (χ0n) is 36.1. The molecule has 3 fully saturated rings. The van der Waals surface area contributed by atoms with Gasteiger partial charge in [-0.3, -0.25) is 0 Å². The normalized spacial score (nSPS) is 23.3. The Morgan fingerprint density at radius 1 is 0.475 bits per heavy atom. The Balaban J connectivity index is 0.971. The molecule has 0 N–H and O–H groups in total. The molecule has 2 bridgehead atoms. The van der Waals surface area contributed by atoms with Gasteiger partial charge in [0.25, 0.3) is 0 Å². The molecular weight excluding hydrogens is 737 g/mol. The molecule has 0 spiro atoms. The van der Waals surface area contributed by atoms with Crippen LogP contribution in [0.15, 0.2) is 176 Å². The molecule has 4 aliphatic carbocycles. The van der Waals surface area contributed by atoms with Crippen LogP contribution < -0.4 is 9.80 Å². The fourth-order valence-corrected chi connectivity index (χ4v) is 12.5. The van der Waals surface area contributed by atoms with E-state index in [0.717, 1.165) is 30.6 Å². The molecule has 0 aliphatic heterocycles. The minimum atomic E-state index is -0.0675. The lowest BCUT2D eigenvalue weighted by molar-refractivity contribution is 0.272. The number of hydrogen-bond donors (Lipinski definition) is 0. The van der Waals surface area contributed by atoms with Crippen molar-refractivity contribution in [3.05, 3.63) is 204 Å².